The molecule has 7 heteroatoms. The molecule has 0 aliphatic rings. The molecule has 1 unspecified atom stereocenters. The maximum atomic E-state index is 12.3. The smallest absolute Gasteiger partial charge is 0.324 e. The van der Waals surface area contributed by atoms with Crippen LogP contribution in [-0.4, -0.2) is 27.0 Å². The first-order valence-corrected chi connectivity index (χ1v) is 8.98. The van der Waals surface area contributed by atoms with Gasteiger partial charge in [0.1, 0.15) is 6.04 Å². The Kier molecular flexibility index (Phi) is 6.83. The zero-order chi connectivity index (χ0) is 16.0. The van der Waals surface area contributed by atoms with Gasteiger partial charge in [-0.25, -0.2) is 8.42 Å². The molecule has 0 fully saturated rings. The Morgan fingerprint density at radius 1 is 1.29 bits per heavy atom. The van der Waals surface area contributed by atoms with Crippen molar-refractivity contribution >= 4 is 31.9 Å². The van der Waals surface area contributed by atoms with Crippen LogP contribution in [0.5, 0.6) is 0 Å². The number of carbonyl (C=O) groups excluding carboxylic acids is 1. The molecule has 0 aliphatic heterocycles. The predicted molar refractivity (Wildman–Crippen MR) is 84.3 cm³/mol. The van der Waals surface area contributed by atoms with Crippen molar-refractivity contribution in [3.8, 4) is 0 Å². The quantitative estimate of drug-likeness (QED) is 0.741. The van der Waals surface area contributed by atoms with Crippen LogP contribution in [0.2, 0.25) is 0 Å². The third-order valence-electron chi connectivity index (χ3n) is 2.70. The molecule has 0 spiro atoms. The highest BCUT2D eigenvalue weighted by atomic mass is 79.9. The summed E-state index contributed by atoms with van der Waals surface area (Å²) < 4.78 is 32.8. The number of halogens is 1. The van der Waals surface area contributed by atoms with E-state index in [-0.39, 0.29) is 17.4 Å². The molecule has 5 nitrogen and oxygen atoms in total. The molecule has 1 N–H and O–H groups in total. The van der Waals surface area contributed by atoms with Crippen molar-refractivity contribution in [2.75, 3.05) is 6.61 Å². The number of esters is 1. The number of hydrogen-bond donors (Lipinski definition) is 1. The lowest BCUT2D eigenvalue weighted by molar-refractivity contribution is -0.145. The van der Waals surface area contributed by atoms with Crippen LogP contribution in [0, 0.1) is 5.92 Å². The minimum Gasteiger partial charge on any atom is -0.465 e. The van der Waals surface area contributed by atoms with Crippen LogP contribution < -0.4 is 4.72 Å². The zero-order valence-electron chi connectivity index (χ0n) is 12.3. The Hall–Kier alpha value is -0.920. The summed E-state index contributed by atoms with van der Waals surface area (Å²) in [6, 6.07) is 5.35. The van der Waals surface area contributed by atoms with E-state index in [2.05, 4.69) is 20.7 Å². The second-order valence-corrected chi connectivity index (χ2v) is 7.64. The van der Waals surface area contributed by atoms with Gasteiger partial charge in [-0.15, -0.1) is 0 Å². The number of carbonyl (C=O) groups is 1. The van der Waals surface area contributed by atoms with Crippen LogP contribution in [0.15, 0.2) is 33.6 Å². The summed E-state index contributed by atoms with van der Waals surface area (Å²) in [5, 5.41) is 0. The molecular formula is C14H20BrNO4S. The van der Waals surface area contributed by atoms with Gasteiger partial charge in [-0.05, 0) is 43.5 Å². The van der Waals surface area contributed by atoms with Crippen molar-refractivity contribution in [1.29, 1.82) is 0 Å². The van der Waals surface area contributed by atoms with Gasteiger partial charge >= 0.3 is 5.97 Å². The van der Waals surface area contributed by atoms with Crippen LogP contribution in [-0.2, 0) is 19.6 Å². The molecule has 0 saturated carbocycles. The zero-order valence-corrected chi connectivity index (χ0v) is 14.7. The fourth-order valence-electron chi connectivity index (χ4n) is 1.78. The summed E-state index contributed by atoms with van der Waals surface area (Å²) in [4.78, 5) is 12.0. The monoisotopic (exact) mass is 377 g/mol. The summed E-state index contributed by atoms with van der Waals surface area (Å²) in [6.07, 6.45) is 0.384. The molecule has 1 aromatic rings. The minimum atomic E-state index is -3.76. The van der Waals surface area contributed by atoms with E-state index >= 15 is 0 Å². The number of sulfonamides is 1. The Bertz CT molecular complexity index is 569. The summed E-state index contributed by atoms with van der Waals surface area (Å²) in [5.41, 5.74) is 0. The van der Waals surface area contributed by atoms with Gasteiger partial charge in [0.15, 0.2) is 0 Å². The topological polar surface area (TPSA) is 72.5 Å². The van der Waals surface area contributed by atoms with Gasteiger partial charge in [0.25, 0.3) is 0 Å². The molecule has 0 aromatic heterocycles. The Balaban J connectivity index is 2.95. The van der Waals surface area contributed by atoms with Gasteiger partial charge in [-0.2, -0.15) is 4.72 Å². The van der Waals surface area contributed by atoms with Crippen LogP contribution >= 0.6 is 15.9 Å². The van der Waals surface area contributed by atoms with Gasteiger partial charge in [0.2, 0.25) is 10.0 Å². The summed E-state index contributed by atoms with van der Waals surface area (Å²) in [5.74, 6) is -0.390. The van der Waals surface area contributed by atoms with E-state index < -0.39 is 22.0 Å². The molecule has 1 atom stereocenters. The highest BCUT2D eigenvalue weighted by Gasteiger charge is 2.27. The van der Waals surface area contributed by atoms with Crippen molar-refractivity contribution in [1.82, 2.24) is 4.72 Å². The van der Waals surface area contributed by atoms with Crippen molar-refractivity contribution in [2.45, 2.75) is 38.1 Å². The molecule has 118 valence electrons. The van der Waals surface area contributed by atoms with Crippen molar-refractivity contribution in [2.24, 2.45) is 5.92 Å². The number of rotatable bonds is 7. The molecule has 1 aromatic carbocycles. The van der Waals surface area contributed by atoms with Gasteiger partial charge in [0, 0.05) is 4.47 Å². The number of benzene rings is 1. The van der Waals surface area contributed by atoms with Gasteiger partial charge < -0.3 is 4.74 Å². The van der Waals surface area contributed by atoms with Crippen molar-refractivity contribution in [3.63, 3.8) is 0 Å². The van der Waals surface area contributed by atoms with E-state index in [0.29, 0.717) is 6.42 Å². The van der Waals surface area contributed by atoms with Crippen molar-refractivity contribution < 1.29 is 17.9 Å². The highest BCUT2D eigenvalue weighted by Crippen LogP contribution is 2.16. The minimum absolute atomic E-state index is 0.115. The number of hydrogen-bond acceptors (Lipinski definition) is 4. The second kappa shape index (κ2) is 7.91. The van der Waals surface area contributed by atoms with Crippen LogP contribution in [0.3, 0.4) is 0 Å². The lowest BCUT2D eigenvalue weighted by Crippen LogP contribution is -2.42. The molecule has 0 saturated heterocycles. The Labute approximate surface area is 134 Å². The molecule has 0 heterocycles. The maximum absolute atomic E-state index is 12.3. The molecule has 0 bridgehead atoms. The Morgan fingerprint density at radius 3 is 2.33 bits per heavy atom. The Morgan fingerprint density at radius 2 is 1.86 bits per heavy atom. The van der Waals surface area contributed by atoms with Gasteiger partial charge in [-0.1, -0.05) is 29.8 Å². The standard InChI is InChI=1S/C14H20BrNO4S/c1-4-20-14(17)13(9-10(2)3)16-21(18,19)12-7-5-11(15)6-8-12/h5-8,10,13,16H,4,9H2,1-3H3. The maximum Gasteiger partial charge on any atom is 0.324 e. The SMILES string of the molecule is CCOC(=O)C(CC(C)C)NS(=O)(=O)c1ccc(Br)cc1. The van der Waals surface area contributed by atoms with Gasteiger partial charge in [0.05, 0.1) is 11.5 Å². The van der Waals surface area contributed by atoms with E-state index in [0.717, 1.165) is 4.47 Å². The first-order valence-electron chi connectivity index (χ1n) is 6.70. The molecular weight excluding hydrogens is 358 g/mol. The lowest BCUT2D eigenvalue weighted by atomic mass is 10.1. The fourth-order valence-corrected chi connectivity index (χ4v) is 3.24. The summed E-state index contributed by atoms with van der Waals surface area (Å²) in [7, 11) is -3.76. The van der Waals surface area contributed by atoms with Crippen LogP contribution in [0.25, 0.3) is 0 Å². The molecule has 0 amide bonds. The third kappa shape index (κ3) is 5.76. The average molecular weight is 378 g/mol. The van der Waals surface area contributed by atoms with E-state index in [9.17, 15) is 13.2 Å². The van der Waals surface area contributed by atoms with E-state index in [1.807, 2.05) is 13.8 Å². The lowest BCUT2D eigenvalue weighted by Gasteiger charge is -2.19. The third-order valence-corrected chi connectivity index (χ3v) is 4.72. The highest BCUT2D eigenvalue weighted by molar-refractivity contribution is 9.10. The molecule has 0 radical (unpaired) electrons. The van der Waals surface area contributed by atoms with E-state index in [1.54, 1.807) is 19.1 Å². The second-order valence-electron chi connectivity index (χ2n) is 5.01. The van der Waals surface area contributed by atoms with E-state index in [4.69, 9.17) is 4.74 Å². The largest absolute Gasteiger partial charge is 0.465 e. The number of ether oxygens (including phenoxy) is 1. The van der Waals surface area contributed by atoms with E-state index in [1.165, 1.54) is 12.1 Å². The van der Waals surface area contributed by atoms with Crippen molar-refractivity contribution in [3.05, 3.63) is 28.7 Å². The first kappa shape index (κ1) is 18.1. The predicted octanol–water partition coefficient (Wildman–Crippen LogP) is 2.71. The molecule has 21 heavy (non-hydrogen) atoms. The summed E-state index contributed by atoms with van der Waals surface area (Å²) in [6.45, 7) is 5.74. The fraction of sp³-hybridized carbons (Fsp3) is 0.500. The van der Waals surface area contributed by atoms with Crippen LogP contribution in [0.4, 0.5) is 0 Å². The summed E-state index contributed by atoms with van der Waals surface area (Å²) >= 11 is 3.25. The van der Waals surface area contributed by atoms with Crippen LogP contribution in [0.1, 0.15) is 27.2 Å². The molecule has 0 aliphatic carbocycles. The number of nitrogens with one attached hydrogen (secondary N) is 1. The van der Waals surface area contributed by atoms with Gasteiger partial charge in [-0.3, -0.25) is 4.79 Å². The normalized spacial score (nSPS) is 13.2. The average Bonchev–Trinajstić information content (AvgIpc) is 2.38. The molecule has 1 rings (SSSR count). The first-order chi connectivity index (χ1) is 9.76.